The Morgan fingerprint density at radius 1 is 1.13 bits per heavy atom. The molecule has 0 amide bonds. The number of piperidine rings is 3. The summed E-state index contributed by atoms with van der Waals surface area (Å²) in [5.74, 6) is 0.740. The lowest BCUT2D eigenvalue weighted by Gasteiger charge is -2.49. The van der Waals surface area contributed by atoms with Gasteiger partial charge in [0.15, 0.2) is 0 Å². The summed E-state index contributed by atoms with van der Waals surface area (Å²) >= 11 is 0. The maximum atomic E-state index is 10.5. The molecule has 3 rings (SSSR count). The molecule has 0 aromatic carbocycles. The summed E-state index contributed by atoms with van der Waals surface area (Å²) in [6, 6.07) is 0. The predicted octanol–water partition coefficient (Wildman–Crippen LogP) is 0.552. The molecule has 0 N–H and O–H groups in total. The summed E-state index contributed by atoms with van der Waals surface area (Å²) in [6.45, 7) is 4.48. The summed E-state index contributed by atoms with van der Waals surface area (Å²) < 4.78 is 32.6. The van der Waals surface area contributed by atoms with Gasteiger partial charge in [-0.1, -0.05) is 0 Å². The van der Waals surface area contributed by atoms with Crippen molar-refractivity contribution in [2.75, 3.05) is 31.9 Å². The zero-order valence-electron chi connectivity index (χ0n) is 9.02. The van der Waals surface area contributed by atoms with Crippen LogP contribution in [-0.4, -0.2) is 49.4 Å². The standard InChI is InChI=1S/C10H19NO3S/c12-15(13,14)9-1-5-11-6-2-10(3-7-11)4-8-11/h10H,1-9H2. The third-order valence-electron chi connectivity index (χ3n) is 4.06. The molecule has 5 heteroatoms. The fourth-order valence-corrected chi connectivity index (χ4v) is 3.53. The first-order valence-electron chi connectivity index (χ1n) is 5.78. The highest BCUT2D eigenvalue weighted by atomic mass is 32.2. The predicted molar refractivity (Wildman–Crippen MR) is 56.3 cm³/mol. The van der Waals surface area contributed by atoms with Crippen molar-refractivity contribution in [3.63, 3.8) is 0 Å². The summed E-state index contributed by atoms with van der Waals surface area (Å²) in [5, 5.41) is 0. The smallest absolute Gasteiger partial charge is 0.0948 e. The van der Waals surface area contributed by atoms with Gasteiger partial charge in [0.1, 0.15) is 0 Å². The highest BCUT2D eigenvalue weighted by Crippen LogP contribution is 2.33. The molecule has 0 saturated carbocycles. The molecule has 3 fully saturated rings. The van der Waals surface area contributed by atoms with E-state index in [0.717, 1.165) is 16.9 Å². The fraction of sp³-hybridized carbons (Fsp3) is 1.00. The number of hydrogen-bond donors (Lipinski definition) is 0. The molecule has 0 radical (unpaired) electrons. The van der Waals surface area contributed by atoms with Gasteiger partial charge in [0.2, 0.25) is 0 Å². The van der Waals surface area contributed by atoms with Crippen LogP contribution in [0.1, 0.15) is 25.7 Å². The molecule has 3 heterocycles. The first kappa shape index (κ1) is 11.4. The lowest BCUT2D eigenvalue weighted by molar-refractivity contribution is -0.942. The van der Waals surface area contributed by atoms with E-state index in [1.54, 1.807) is 0 Å². The van der Waals surface area contributed by atoms with Crippen LogP contribution >= 0.6 is 0 Å². The third kappa shape index (κ3) is 2.92. The Labute approximate surface area is 91.6 Å². The Kier molecular flexibility index (Phi) is 3.05. The van der Waals surface area contributed by atoms with Crippen LogP contribution in [0.4, 0.5) is 0 Å². The summed E-state index contributed by atoms with van der Waals surface area (Å²) in [6.07, 6.45) is 4.43. The fourth-order valence-electron chi connectivity index (χ4n) is 3.05. The monoisotopic (exact) mass is 233 g/mol. The van der Waals surface area contributed by atoms with Crippen LogP contribution in [0.15, 0.2) is 0 Å². The lowest BCUT2D eigenvalue weighted by Crippen LogP contribution is -2.58. The normalized spacial score (nSPS) is 35.7. The second-order valence-corrected chi connectivity index (χ2v) is 6.61. The Balaban J connectivity index is 1.83. The molecule has 15 heavy (non-hydrogen) atoms. The van der Waals surface area contributed by atoms with Crippen LogP contribution in [0.3, 0.4) is 0 Å². The molecule has 4 nitrogen and oxygen atoms in total. The summed E-state index contributed by atoms with van der Waals surface area (Å²) in [7, 11) is -4.01. The van der Waals surface area contributed by atoms with E-state index in [0.29, 0.717) is 6.42 Å². The Bertz CT molecular complexity index is 304. The highest BCUT2D eigenvalue weighted by Gasteiger charge is 2.38. The number of fused-ring (bicyclic) bond motifs is 3. The van der Waals surface area contributed by atoms with Crippen molar-refractivity contribution >= 4 is 10.1 Å². The van der Waals surface area contributed by atoms with Crippen LogP contribution in [0, 0.1) is 5.92 Å². The van der Waals surface area contributed by atoms with Crippen molar-refractivity contribution in [3.8, 4) is 0 Å². The van der Waals surface area contributed by atoms with Gasteiger partial charge in [-0.2, -0.15) is 0 Å². The Hall–Kier alpha value is -0.130. The maximum Gasteiger partial charge on any atom is 0.0948 e. The van der Waals surface area contributed by atoms with Crippen LogP contribution in [0.5, 0.6) is 0 Å². The first-order chi connectivity index (χ1) is 6.99. The van der Waals surface area contributed by atoms with E-state index in [-0.39, 0.29) is 5.75 Å². The zero-order valence-corrected chi connectivity index (χ0v) is 9.84. The van der Waals surface area contributed by atoms with E-state index >= 15 is 0 Å². The van der Waals surface area contributed by atoms with Gasteiger partial charge in [-0.3, -0.25) is 0 Å². The number of nitrogens with zero attached hydrogens (tertiary/aromatic N) is 1. The molecule has 3 aliphatic heterocycles. The van der Waals surface area contributed by atoms with Crippen LogP contribution in [0.2, 0.25) is 0 Å². The Morgan fingerprint density at radius 3 is 2.13 bits per heavy atom. The van der Waals surface area contributed by atoms with Gasteiger partial charge in [-0.25, -0.2) is 8.42 Å². The second-order valence-electron chi connectivity index (χ2n) is 5.08. The molecule has 0 aliphatic carbocycles. The van der Waals surface area contributed by atoms with Crippen LogP contribution in [0.25, 0.3) is 0 Å². The zero-order chi connectivity index (χ0) is 10.9. The van der Waals surface area contributed by atoms with Crippen molar-refractivity contribution < 1.29 is 17.5 Å². The molecule has 3 saturated heterocycles. The molecular formula is C10H19NO3S. The molecule has 0 unspecified atom stereocenters. The molecule has 88 valence electrons. The maximum absolute atomic E-state index is 10.5. The quantitative estimate of drug-likeness (QED) is 0.526. The molecule has 0 aromatic heterocycles. The SMILES string of the molecule is O=S(=O)([O-])CCC[N+]12CCC(CC1)CC2. The van der Waals surface area contributed by atoms with E-state index in [1.165, 1.54) is 38.9 Å². The van der Waals surface area contributed by atoms with E-state index in [1.807, 2.05) is 0 Å². The third-order valence-corrected chi connectivity index (χ3v) is 4.85. The molecule has 0 spiro atoms. The van der Waals surface area contributed by atoms with Crippen molar-refractivity contribution in [2.45, 2.75) is 25.7 Å². The van der Waals surface area contributed by atoms with E-state index in [4.69, 9.17) is 0 Å². The van der Waals surface area contributed by atoms with Gasteiger partial charge in [-0.15, -0.1) is 0 Å². The van der Waals surface area contributed by atoms with Gasteiger partial charge in [0, 0.05) is 12.2 Å². The minimum absolute atomic E-state index is 0.184. The lowest BCUT2D eigenvalue weighted by atomic mass is 9.85. The average Bonchev–Trinajstić information content (AvgIpc) is 2.18. The van der Waals surface area contributed by atoms with Crippen molar-refractivity contribution in [1.82, 2.24) is 0 Å². The summed E-state index contributed by atoms with van der Waals surface area (Å²) in [5.41, 5.74) is 0. The van der Waals surface area contributed by atoms with Gasteiger partial charge < -0.3 is 9.04 Å². The number of rotatable bonds is 4. The first-order valence-corrected chi connectivity index (χ1v) is 7.36. The van der Waals surface area contributed by atoms with Gasteiger partial charge in [0.05, 0.1) is 36.3 Å². The average molecular weight is 233 g/mol. The minimum atomic E-state index is -4.01. The highest BCUT2D eigenvalue weighted by molar-refractivity contribution is 7.85. The van der Waals surface area contributed by atoms with Gasteiger partial charge in [0.25, 0.3) is 0 Å². The topological polar surface area (TPSA) is 57.2 Å². The molecule has 2 bridgehead atoms. The molecule has 3 aliphatic rings. The number of hydrogen-bond acceptors (Lipinski definition) is 3. The minimum Gasteiger partial charge on any atom is -0.748 e. The molecule has 0 aromatic rings. The van der Waals surface area contributed by atoms with E-state index in [2.05, 4.69) is 0 Å². The van der Waals surface area contributed by atoms with Gasteiger partial charge in [-0.05, 0) is 25.2 Å². The van der Waals surface area contributed by atoms with Crippen molar-refractivity contribution in [2.24, 2.45) is 5.92 Å². The number of quaternary nitrogens is 1. The molecular weight excluding hydrogens is 214 g/mol. The summed E-state index contributed by atoms with van der Waals surface area (Å²) in [4.78, 5) is 0. The largest absolute Gasteiger partial charge is 0.748 e. The van der Waals surface area contributed by atoms with Crippen LogP contribution in [-0.2, 0) is 10.1 Å². The van der Waals surface area contributed by atoms with Gasteiger partial charge >= 0.3 is 0 Å². The van der Waals surface area contributed by atoms with Crippen molar-refractivity contribution in [3.05, 3.63) is 0 Å². The second kappa shape index (κ2) is 4.03. The molecule has 0 atom stereocenters. The Morgan fingerprint density at radius 2 is 1.67 bits per heavy atom. The van der Waals surface area contributed by atoms with Crippen LogP contribution < -0.4 is 0 Å². The van der Waals surface area contributed by atoms with E-state index in [9.17, 15) is 13.0 Å². The van der Waals surface area contributed by atoms with E-state index < -0.39 is 10.1 Å². The van der Waals surface area contributed by atoms with Crippen molar-refractivity contribution in [1.29, 1.82) is 0 Å².